The number of ether oxygens (including phenoxy) is 2. The Morgan fingerprint density at radius 3 is 2.64 bits per heavy atom. The molecule has 0 bridgehead atoms. The van der Waals surface area contributed by atoms with E-state index in [-0.39, 0.29) is 12.1 Å². The molecule has 1 N–H and O–H groups in total. The van der Waals surface area contributed by atoms with Crippen LogP contribution in [0.15, 0.2) is 54.0 Å². The topological polar surface area (TPSA) is 46.6 Å². The number of methoxy groups -OCH3 is 2. The number of rotatable bonds is 5. The molecule has 4 rings (SSSR count). The summed E-state index contributed by atoms with van der Waals surface area (Å²) in [6.07, 6.45) is 1.81. The van der Waals surface area contributed by atoms with Crippen LogP contribution in [0.4, 0.5) is 5.69 Å². The van der Waals surface area contributed by atoms with Crippen LogP contribution in [0.25, 0.3) is 0 Å². The Kier molecular flexibility index (Phi) is 5.19. The van der Waals surface area contributed by atoms with Crippen molar-refractivity contribution < 1.29 is 9.47 Å². The van der Waals surface area contributed by atoms with Crippen LogP contribution in [0.5, 0.6) is 11.5 Å². The fraction of sp³-hybridized carbons (Fsp3) is 0.238. The standard InChI is InChI=1S/C21H21N3O2S2/c1-13-9-11-28-20(13)19-18(15-6-4-5-10-22-15)23-21(27)24(19)16-8-7-14(25-2)12-17(16)26-3/h4-12,18-19H,1-3H3,(H,23,27). The Labute approximate surface area is 173 Å². The molecule has 3 aromatic rings. The van der Waals surface area contributed by atoms with Gasteiger partial charge in [-0.05, 0) is 60.4 Å². The van der Waals surface area contributed by atoms with E-state index in [2.05, 4.69) is 33.6 Å². The van der Waals surface area contributed by atoms with E-state index in [1.54, 1.807) is 25.6 Å². The van der Waals surface area contributed by atoms with Gasteiger partial charge < -0.3 is 19.7 Å². The number of anilines is 1. The first-order chi connectivity index (χ1) is 13.6. The van der Waals surface area contributed by atoms with Gasteiger partial charge in [0.25, 0.3) is 0 Å². The zero-order valence-electron chi connectivity index (χ0n) is 15.9. The third-order valence-corrected chi connectivity index (χ3v) is 6.32. The lowest BCUT2D eigenvalue weighted by atomic mass is 10.0. The molecule has 2 aromatic heterocycles. The summed E-state index contributed by atoms with van der Waals surface area (Å²) >= 11 is 7.50. The largest absolute Gasteiger partial charge is 0.497 e. The highest BCUT2D eigenvalue weighted by Crippen LogP contribution is 2.47. The number of benzene rings is 1. The molecule has 0 radical (unpaired) electrons. The molecule has 1 fully saturated rings. The van der Waals surface area contributed by atoms with Crippen molar-refractivity contribution in [3.8, 4) is 11.5 Å². The molecule has 2 unspecified atom stereocenters. The molecular weight excluding hydrogens is 390 g/mol. The number of aromatic nitrogens is 1. The van der Waals surface area contributed by atoms with Crippen molar-refractivity contribution in [2.24, 2.45) is 0 Å². The van der Waals surface area contributed by atoms with E-state index >= 15 is 0 Å². The van der Waals surface area contributed by atoms with E-state index in [0.29, 0.717) is 10.9 Å². The van der Waals surface area contributed by atoms with Gasteiger partial charge in [-0.15, -0.1) is 11.3 Å². The van der Waals surface area contributed by atoms with E-state index in [9.17, 15) is 0 Å². The van der Waals surface area contributed by atoms with Crippen molar-refractivity contribution in [3.63, 3.8) is 0 Å². The summed E-state index contributed by atoms with van der Waals surface area (Å²) in [5.74, 6) is 1.45. The molecule has 28 heavy (non-hydrogen) atoms. The van der Waals surface area contributed by atoms with Crippen molar-refractivity contribution in [2.75, 3.05) is 19.1 Å². The lowest BCUT2D eigenvalue weighted by molar-refractivity contribution is 0.394. The van der Waals surface area contributed by atoms with Crippen molar-refractivity contribution >= 4 is 34.4 Å². The number of aryl methyl sites for hydroxylation is 1. The van der Waals surface area contributed by atoms with Gasteiger partial charge in [-0.1, -0.05) is 6.07 Å². The molecule has 1 saturated heterocycles. The zero-order chi connectivity index (χ0) is 19.7. The Morgan fingerprint density at radius 2 is 2.00 bits per heavy atom. The molecular formula is C21H21N3O2S2. The van der Waals surface area contributed by atoms with Crippen LogP contribution in [-0.4, -0.2) is 24.3 Å². The highest BCUT2D eigenvalue weighted by Gasteiger charge is 2.42. The van der Waals surface area contributed by atoms with Crippen molar-refractivity contribution in [1.29, 1.82) is 0 Å². The summed E-state index contributed by atoms with van der Waals surface area (Å²) in [4.78, 5) is 7.97. The molecule has 0 saturated carbocycles. The maximum absolute atomic E-state index is 5.77. The molecule has 0 spiro atoms. The van der Waals surface area contributed by atoms with Crippen molar-refractivity contribution in [3.05, 3.63) is 70.2 Å². The summed E-state index contributed by atoms with van der Waals surface area (Å²) in [6.45, 7) is 2.13. The van der Waals surface area contributed by atoms with Gasteiger partial charge in [0.2, 0.25) is 0 Å². The first kappa shape index (κ1) is 18.7. The highest BCUT2D eigenvalue weighted by molar-refractivity contribution is 7.80. The van der Waals surface area contributed by atoms with Crippen molar-refractivity contribution in [1.82, 2.24) is 10.3 Å². The minimum Gasteiger partial charge on any atom is -0.497 e. The van der Waals surface area contributed by atoms with Gasteiger partial charge in [0.15, 0.2) is 5.11 Å². The SMILES string of the molecule is COc1ccc(N2C(=S)NC(c3ccccn3)C2c2sccc2C)c(OC)c1. The summed E-state index contributed by atoms with van der Waals surface area (Å²) in [6, 6.07) is 13.8. The number of thiocarbonyl (C=S) groups is 1. The van der Waals surface area contributed by atoms with Gasteiger partial charge in [0.1, 0.15) is 11.5 Å². The average molecular weight is 412 g/mol. The van der Waals surface area contributed by atoms with Gasteiger partial charge in [-0.25, -0.2) is 0 Å². The molecule has 144 valence electrons. The number of nitrogens with zero attached hydrogens (tertiary/aromatic N) is 2. The Balaban J connectivity index is 1.86. The molecule has 2 atom stereocenters. The number of pyridine rings is 1. The fourth-order valence-electron chi connectivity index (χ4n) is 3.55. The molecule has 1 aromatic carbocycles. The Morgan fingerprint density at radius 1 is 1.14 bits per heavy atom. The third kappa shape index (κ3) is 3.21. The number of thiophene rings is 1. The van der Waals surface area contributed by atoms with E-state index in [1.807, 2.05) is 42.6 Å². The van der Waals surface area contributed by atoms with Crippen LogP contribution in [0.3, 0.4) is 0 Å². The smallest absolute Gasteiger partial charge is 0.174 e. The Bertz CT molecular complexity index is 990. The third-order valence-electron chi connectivity index (χ3n) is 4.91. The molecule has 5 nitrogen and oxygen atoms in total. The number of hydrogen-bond donors (Lipinski definition) is 1. The molecule has 0 aliphatic carbocycles. The summed E-state index contributed by atoms with van der Waals surface area (Å²) in [7, 11) is 3.30. The van der Waals surface area contributed by atoms with Gasteiger partial charge in [-0.3, -0.25) is 4.98 Å². The van der Waals surface area contributed by atoms with Gasteiger partial charge in [0, 0.05) is 17.1 Å². The van der Waals surface area contributed by atoms with Crippen LogP contribution in [0.2, 0.25) is 0 Å². The van der Waals surface area contributed by atoms with E-state index in [1.165, 1.54) is 10.4 Å². The maximum Gasteiger partial charge on any atom is 0.174 e. The van der Waals surface area contributed by atoms with Gasteiger partial charge in [-0.2, -0.15) is 0 Å². The first-order valence-electron chi connectivity index (χ1n) is 8.90. The van der Waals surface area contributed by atoms with Gasteiger partial charge >= 0.3 is 0 Å². The Hall–Kier alpha value is -2.64. The quantitative estimate of drug-likeness (QED) is 0.617. The normalized spacial score (nSPS) is 18.8. The number of nitrogens with one attached hydrogen (secondary N) is 1. The molecule has 0 amide bonds. The monoisotopic (exact) mass is 411 g/mol. The summed E-state index contributed by atoms with van der Waals surface area (Å²) < 4.78 is 11.0. The van der Waals surface area contributed by atoms with Crippen LogP contribution in [0.1, 0.15) is 28.2 Å². The van der Waals surface area contributed by atoms with E-state index < -0.39 is 0 Å². The lowest BCUT2D eigenvalue weighted by Crippen LogP contribution is -2.29. The van der Waals surface area contributed by atoms with Crippen molar-refractivity contribution in [2.45, 2.75) is 19.0 Å². The van der Waals surface area contributed by atoms with E-state index in [0.717, 1.165) is 17.1 Å². The molecule has 3 heterocycles. The van der Waals surface area contributed by atoms with Crippen LogP contribution >= 0.6 is 23.6 Å². The predicted octanol–water partition coefficient (Wildman–Crippen LogP) is 4.65. The predicted molar refractivity (Wildman–Crippen MR) is 117 cm³/mol. The highest BCUT2D eigenvalue weighted by atomic mass is 32.1. The fourth-order valence-corrected chi connectivity index (χ4v) is 4.94. The second-order valence-electron chi connectivity index (χ2n) is 6.50. The van der Waals surface area contributed by atoms with Crippen LogP contribution in [0, 0.1) is 6.92 Å². The minimum absolute atomic E-state index is 0.0234. The first-order valence-corrected chi connectivity index (χ1v) is 10.2. The lowest BCUT2D eigenvalue weighted by Gasteiger charge is -2.29. The average Bonchev–Trinajstić information content (AvgIpc) is 3.30. The summed E-state index contributed by atoms with van der Waals surface area (Å²) in [5, 5.41) is 6.24. The maximum atomic E-state index is 5.77. The number of hydrogen-bond acceptors (Lipinski definition) is 5. The van der Waals surface area contributed by atoms with Crippen LogP contribution in [-0.2, 0) is 0 Å². The molecule has 7 heteroatoms. The van der Waals surface area contributed by atoms with Gasteiger partial charge in [0.05, 0.1) is 37.7 Å². The molecule has 1 aliphatic rings. The summed E-state index contributed by atoms with van der Waals surface area (Å²) in [5.41, 5.74) is 3.09. The van der Waals surface area contributed by atoms with E-state index in [4.69, 9.17) is 21.7 Å². The second kappa shape index (κ2) is 7.77. The minimum atomic E-state index is -0.0575. The molecule has 1 aliphatic heterocycles. The second-order valence-corrected chi connectivity index (χ2v) is 7.84. The van der Waals surface area contributed by atoms with Crippen LogP contribution < -0.4 is 19.7 Å². The zero-order valence-corrected chi connectivity index (χ0v) is 17.5.